The SMILES string of the molecule is NC(=O)c1cc(Br)cn2c(-c3ccccc3)c(-c3ccc(C4(N)CCC4)cc3)nc12. The summed E-state index contributed by atoms with van der Waals surface area (Å²) in [4.78, 5) is 16.9. The molecule has 1 aliphatic carbocycles. The molecular weight excluding hydrogens is 440 g/mol. The third kappa shape index (κ3) is 3.04. The first-order valence-corrected chi connectivity index (χ1v) is 10.7. The van der Waals surface area contributed by atoms with Gasteiger partial charge >= 0.3 is 0 Å². The normalized spacial score (nSPS) is 15.1. The summed E-state index contributed by atoms with van der Waals surface area (Å²) in [5.74, 6) is -0.511. The number of fused-ring (bicyclic) bond motifs is 1. The largest absolute Gasteiger partial charge is 0.365 e. The van der Waals surface area contributed by atoms with Crippen LogP contribution in [0.4, 0.5) is 0 Å². The summed E-state index contributed by atoms with van der Waals surface area (Å²) in [7, 11) is 0. The Balaban J connectivity index is 1.75. The average molecular weight is 461 g/mol. The molecule has 5 nitrogen and oxygen atoms in total. The van der Waals surface area contributed by atoms with Crippen molar-refractivity contribution in [3.8, 4) is 22.5 Å². The zero-order valence-electron chi connectivity index (χ0n) is 16.3. The van der Waals surface area contributed by atoms with Crippen molar-refractivity contribution < 1.29 is 4.79 Å². The number of nitrogens with two attached hydrogens (primary N) is 2. The van der Waals surface area contributed by atoms with E-state index < -0.39 is 5.91 Å². The molecule has 1 aliphatic rings. The number of rotatable bonds is 4. The summed E-state index contributed by atoms with van der Waals surface area (Å²) >= 11 is 3.50. The third-order valence-electron chi connectivity index (χ3n) is 5.98. The first-order chi connectivity index (χ1) is 14.5. The van der Waals surface area contributed by atoms with Crippen LogP contribution < -0.4 is 11.5 Å². The topological polar surface area (TPSA) is 86.4 Å². The smallest absolute Gasteiger partial charge is 0.252 e. The number of aromatic nitrogens is 2. The first kappa shape index (κ1) is 19.0. The van der Waals surface area contributed by atoms with Crippen LogP contribution in [0.2, 0.25) is 0 Å². The fourth-order valence-electron chi connectivity index (χ4n) is 4.17. The van der Waals surface area contributed by atoms with Crippen LogP contribution in [0.5, 0.6) is 0 Å². The van der Waals surface area contributed by atoms with Crippen molar-refractivity contribution in [2.75, 3.05) is 0 Å². The Kier molecular flexibility index (Phi) is 4.49. The van der Waals surface area contributed by atoms with Gasteiger partial charge in [-0.1, -0.05) is 54.6 Å². The molecule has 0 radical (unpaired) electrons. The third-order valence-corrected chi connectivity index (χ3v) is 6.41. The van der Waals surface area contributed by atoms with E-state index in [0.29, 0.717) is 11.2 Å². The summed E-state index contributed by atoms with van der Waals surface area (Å²) in [6.45, 7) is 0. The molecule has 0 unspecified atom stereocenters. The van der Waals surface area contributed by atoms with Crippen LogP contribution in [0.15, 0.2) is 71.3 Å². The van der Waals surface area contributed by atoms with Crippen LogP contribution in [-0.2, 0) is 5.54 Å². The van der Waals surface area contributed by atoms with Gasteiger partial charge in [-0.2, -0.15) is 0 Å². The van der Waals surface area contributed by atoms with Crippen LogP contribution in [0.1, 0.15) is 35.2 Å². The van der Waals surface area contributed by atoms with Crippen molar-refractivity contribution in [1.82, 2.24) is 9.38 Å². The van der Waals surface area contributed by atoms with Gasteiger partial charge in [0.15, 0.2) is 5.65 Å². The molecule has 2 heterocycles. The maximum absolute atomic E-state index is 12.1. The minimum atomic E-state index is -0.511. The summed E-state index contributed by atoms with van der Waals surface area (Å²) in [6, 6.07) is 20.1. The molecule has 2 aromatic heterocycles. The van der Waals surface area contributed by atoms with Gasteiger partial charge in [-0.3, -0.25) is 9.20 Å². The quantitative estimate of drug-likeness (QED) is 0.455. The number of imidazole rings is 1. The van der Waals surface area contributed by atoms with Gasteiger partial charge in [-0.15, -0.1) is 0 Å². The van der Waals surface area contributed by atoms with Crippen molar-refractivity contribution in [1.29, 1.82) is 0 Å². The van der Waals surface area contributed by atoms with E-state index in [1.54, 1.807) is 6.07 Å². The minimum Gasteiger partial charge on any atom is -0.365 e. The van der Waals surface area contributed by atoms with E-state index in [-0.39, 0.29) is 5.54 Å². The average Bonchev–Trinajstić information content (AvgIpc) is 3.11. The highest BCUT2D eigenvalue weighted by Gasteiger charge is 2.34. The van der Waals surface area contributed by atoms with E-state index in [9.17, 15) is 4.79 Å². The first-order valence-electron chi connectivity index (χ1n) is 9.93. The second-order valence-corrected chi connectivity index (χ2v) is 8.81. The number of halogens is 1. The van der Waals surface area contributed by atoms with Crippen LogP contribution in [0.3, 0.4) is 0 Å². The fourth-order valence-corrected chi connectivity index (χ4v) is 4.61. The Morgan fingerprint density at radius 1 is 1.03 bits per heavy atom. The Morgan fingerprint density at radius 3 is 2.33 bits per heavy atom. The van der Waals surface area contributed by atoms with Crippen molar-refractivity contribution >= 4 is 27.5 Å². The van der Waals surface area contributed by atoms with Gasteiger partial charge < -0.3 is 11.5 Å². The summed E-state index contributed by atoms with van der Waals surface area (Å²) < 4.78 is 2.69. The van der Waals surface area contributed by atoms with E-state index >= 15 is 0 Å². The molecule has 6 heteroatoms. The highest BCUT2D eigenvalue weighted by molar-refractivity contribution is 9.10. The van der Waals surface area contributed by atoms with E-state index in [1.165, 1.54) is 6.42 Å². The lowest BCUT2D eigenvalue weighted by Gasteiger charge is -2.38. The molecule has 0 spiro atoms. The van der Waals surface area contributed by atoms with E-state index in [2.05, 4.69) is 40.2 Å². The van der Waals surface area contributed by atoms with Crippen molar-refractivity contribution in [2.45, 2.75) is 24.8 Å². The molecule has 2 aromatic carbocycles. The van der Waals surface area contributed by atoms with Crippen molar-refractivity contribution in [3.63, 3.8) is 0 Å². The second-order valence-electron chi connectivity index (χ2n) is 7.89. The molecule has 0 atom stereocenters. The van der Waals surface area contributed by atoms with Crippen molar-refractivity contribution in [3.05, 3.63) is 82.5 Å². The molecule has 5 rings (SSSR count). The lowest BCUT2D eigenvalue weighted by molar-refractivity contribution is 0.100. The van der Waals surface area contributed by atoms with Gasteiger partial charge in [-0.05, 0) is 46.8 Å². The lowest BCUT2D eigenvalue weighted by Crippen LogP contribution is -2.43. The number of carbonyl (C=O) groups is 1. The number of hydrogen-bond acceptors (Lipinski definition) is 3. The molecule has 1 saturated carbocycles. The van der Waals surface area contributed by atoms with Crippen LogP contribution in [-0.4, -0.2) is 15.3 Å². The number of benzene rings is 2. The molecule has 150 valence electrons. The predicted octanol–water partition coefficient (Wildman–Crippen LogP) is 4.87. The number of primary amides is 1. The predicted molar refractivity (Wildman–Crippen MR) is 122 cm³/mol. The zero-order valence-corrected chi connectivity index (χ0v) is 17.9. The van der Waals surface area contributed by atoms with Gasteiger partial charge in [0.25, 0.3) is 5.91 Å². The Morgan fingerprint density at radius 2 is 1.73 bits per heavy atom. The van der Waals surface area contributed by atoms with E-state index in [1.807, 2.05) is 40.9 Å². The minimum absolute atomic E-state index is 0.205. The Bertz CT molecular complexity index is 1260. The van der Waals surface area contributed by atoms with Crippen LogP contribution in [0.25, 0.3) is 28.2 Å². The molecule has 30 heavy (non-hydrogen) atoms. The number of carbonyl (C=O) groups excluding carboxylic acids is 1. The molecule has 4 aromatic rings. The standard InChI is InChI=1S/C24H21BrN4O/c25-18-13-19(22(26)30)23-28-20(21(29(23)14-18)16-5-2-1-3-6-16)15-7-9-17(10-8-15)24(27)11-4-12-24/h1-3,5-10,13-14H,4,11-12,27H2,(H2,26,30). The highest BCUT2D eigenvalue weighted by atomic mass is 79.9. The monoisotopic (exact) mass is 460 g/mol. The zero-order chi connectivity index (χ0) is 20.9. The number of amides is 1. The van der Waals surface area contributed by atoms with E-state index in [4.69, 9.17) is 16.5 Å². The Labute approximate surface area is 182 Å². The van der Waals surface area contributed by atoms with Gasteiger partial charge in [0.1, 0.15) is 0 Å². The highest BCUT2D eigenvalue weighted by Crippen LogP contribution is 2.40. The van der Waals surface area contributed by atoms with Crippen molar-refractivity contribution in [2.24, 2.45) is 11.5 Å². The van der Waals surface area contributed by atoms with Crippen LogP contribution >= 0.6 is 15.9 Å². The van der Waals surface area contributed by atoms with Crippen LogP contribution in [0, 0.1) is 0 Å². The Hall–Kier alpha value is -2.96. The lowest BCUT2D eigenvalue weighted by atomic mass is 9.72. The molecule has 4 N–H and O–H groups in total. The summed E-state index contributed by atoms with van der Waals surface area (Å²) in [6.07, 6.45) is 5.13. The molecule has 0 saturated heterocycles. The molecule has 0 aliphatic heterocycles. The molecule has 1 fully saturated rings. The maximum Gasteiger partial charge on any atom is 0.252 e. The summed E-state index contributed by atoms with van der Waals surface area (Å²) in [5.41, 5.74) is 17.7. The molecular formula is C24H21BrN4O. The maximum atomic E-state index is 12.1. The molecule has 0 bridgehead atoms. The summed E-state index contributed by atoms with van der Waals surface area (Å²) in [5, 5.41) is 0. The van der Waals surface area contributed by atoms with Gasteiger partial charge in [0, 0.05) is 27.3 Å². The van der Waals surface area contributed by atoms with Gasteiger partial charge in [-0.25, -0.2) is 4.98 Å². The number of hydrogen-bond donors (Lipinski definition) is 2. The number of nitrogens with zero attached hydrogens (tertiary/aromatic N) is 2. The van der Waals surface area contributed by atoms with E-state index in [0.717, 1.165) is 45.4 Å². The number of pyridine rings is 1. The van der Waals surface area contributed by atoms with Gasteiger partial charge in [0.2, 0.25) is 0 Å². The fraction of sp³-hybridized carbons (Fsp3) is 0.167. The second kappa shape index (κ2) is 7.07. The van der Waals surface area contributed by atoms with Gasteiger partial charge in [0.05, 0.1) is 17.0 Å². The molecule has 1 amide bonds.